The topological polar surface area (TPSA) is 86.4 Å². The summed E-state index contributed by atoms with van der Waals surface area (Å²) in [4.78, 5) is 32.0. The Balaban J connectivity index is 1.62. The number of aromatic nitrogens is 1. The number of carbonyl (C=O) groups is 2. The zero-order valence-corrected chi connectivity index (χ0v) is 16.8. The van der Waals surface area contributed by atoms with Crippen molar-refractivity contribution in [2.75, 3.05) is 41.7 Å². The molecule has 0 unspecified atom stereocenters. The average molecular weight is 419 g/mol. The quantitative estimate of drug-likeness (QED) is 0.592. The van der Waals surface area contributed by atoms with Gasteiger partial charge in [0.25, 0.3) is 11.8 Å². The minimum Gasteiger partial charge on any atom is -0.352 e. The zero-order chi connectivity index (χ0) is 21.6. The molecule has 0 aliphatic carbocycles. The van der Waals surface area contributed by atoms with Crippen LogP contribution < -0.4 is 20.9 Å². The van der Waals surface area contributed by atoms with Crippen LogP contribution in [0.4, 0.5) is 21.6 Å². The highest BCUT2D eigenvalue weighted by Crippen LogP contribution is 2.26. The minimum absolute atomic E-state index is 0.312. The number of amides is 2. The predicted octanol–water partition coefficient (Wildman–Crippen LogP) is 3.13. The number of halogens is 1. The van der Waals surface area contributed by atoms with E-state index in [2.05, 4.69) is 25.8 Å². The van der Waals surface area contributed by atoms with Gasteiger partial charge in [0, 0.05) is 43.6 Å². The maximum absolute atomic E-state index is 13.2. The van der Waals surface area contributed by atoms with Gasteiger partial charge in [-0.3, -0.25) is 9.59 Å². The van der Waals surface area contributed by atoms with Gasteiger partial charge < -0.3 is 20.9 Å². The maximum Gasteiger partial charge on any atom is 0.257 e. The molecule has 1 saturated heterocycles. The average Bonchev–Trinajstić information content (AvgIpc) is 2.80. The molecule has 0 radical (unpaired) electrons. The number of benzene rings is 2. The van der Waals surface area contributed by atoms with Crippen LogP contribution in [0.2, 0.25) is 0 Å². The lowest BCUT2D eigenvalue weighted by Crippen LogP contribution is -2.44. The fraction of sp³-hybridized carbons (Fsp3) is 0.174. The molecule has 3 N–H and O–H groups in total. The van der Waals surface area contributed by atoms with Crippen molar-refractivity contribution in [3.05, 3.63) is 83.8 Å². The second kappa shape index (κ2) is 9.36. The molecule has 1 aromatic heterocycles. The van der Waals surface area contributed by atoms with Crippen LogP contribution in [0, 0.1) is 5.82 Å². The van der Waals surface area contributed by atoms with E-state index in [1.165, 1.54) is 30.5 Å². The lowest BCUT2D eigenvalue weighted by Gasteiger charge is -2.30. The standard InChI is InChI=1S/C23H22FN5O2/c24-18-8-6-16(7-9-18)22(30)28-20-14-17(23(31)27-19-4-2-1-3-5-19)15-26-21(20)29-12-10-25-11-13-29/h1-9,14-15,25H,10-13H2,(H,27,31)(H,28,30). The summed E-state index contributed by atoms with van der Waals surface area (Å²) in [5.41, 5.74) is 1.72. The monoisotopic (exact) mass is 419 g/mol. The van der Waals surface area contributed by atoms with Gasteiger partial charge in [0.1, 0.15) is 5.82 Å². The Kier molecular flexibility index (Phi) is 6.18. The maximum atomic E-state index is 13.2. The van der Waals surface area contributed by atoms with Gasteiger partial charge in [0.15, 0.2) is 5.82 Å². The van der Waals surface area contributed by atoms with Crippen LogP contribution >= 0.6 is 0 Å². The molecule has 158 valence electrons. The van der Waals surface area contributed by atoms with E-state index in [0.717, 1.165) is 26.2 Å². The van der Waals surface area contributed by atoms with E-state index < -0.39 is 11.7 Å². The Morgan fingerprint density at radius 3 is 2.29 bits per heavy atom. The molecule has 1 aliphatic heterocycles. The SMILES string of the molecule is O=C(Nc1ccccc1)c1cnc(N2CCNCC2)c(NC(=O)c2ccc(F)cc2)c1. The number of nitrogens with zero attached hydrogens (tertiary/aromatic N) is 2. The molecule has 2 heterocycles. The molecular formula is C23H22FN5O2. The van der Waals surface area contributed by atoms with Gasteiger partial charge in [0.2, 0.25) is 0 Å². The highest BCUT2D eigenvalue weighted by atomic mass is 19.1. The Labute approximate surface area is 179 Å². The summed E-state index contributed by atoms with van der Waals surface area (Å²) in [6.45, 7) is 3.04. The molecule has 7 nitrogen and oxygen atoms in total. The molecule has 3 aromatic rings. The van der Waals surface area contributed by atoms with E-state index in [4.69, 9.17) is 0 Å². The first-order valence-electron chi connectivity index (χ1n) is 9.99. The van der Waals surface area contributed by atoms with Crippen molar-refractivity contribution >= 4 is 29.0 Å². The summed E-state index contributed by atoms with van der Waals surface area (Å²) >= 11 is 0. The highest BCUT2D eigenvalue weighted by Gasteiger charge is 2.20. The van der Waals surface area contributed by atoms with E-state index in [1.807, 2.05) is 18.2 Å². The first kappa shape index (κ1) is 20.5. The van der Waals surface area contributed by atoms with Crippen molar-refractivity contribution in [1.29, 1.82) is 0 Å². The van der Waals surface area contributed by atoms with E-state index in [9.17, 15) is 14.0 Å². The largest absolute Gasteiger partial charge is 0.352 e. The molecule has 4 rings (SSSR count). The minimum atomic E-state index is -0.417. The summed E-state index contributed by atoms with van der Waals surface area (Å²) in [6.07, 6.45) is 1.50. The van der Waals surface area contributed by atoms with E-state index in [0.29, 0.717) is 28.3 Å². The van der Waals surface area contributed by atoms with E-state index in [1.54, 1.807) is 18.2 Å². The molecule has 0 bridgehead atoms. The van der Waals surface area contributed by atoms with Gasteiger partial charge in [-0.25, -0.2) is 9.37 Å². The molecule has 0 atom stereocenters. The zero-order valence-electron chi connectivity index (χ0n) is 16.8. The third-order valence-electron chi connectivity index (χ3n) is 4.93. The number of nitrogens with one attached hydrogen (secondary N) is 3. The first-order chi connectivity index (χ1) is 15.1. The molecule has 2 aromatic carbocycles. The van der Waals surface area contributed by atoms with Crippen LogP contribution in [0.3, 0.4) is 0 Å². The lowest BCUT2D eigenvalue weighted by atomic mass is 10.1. The normalized spacial score (nSPS) is 13.5. The highest BCUT2D eigenvalue weighted by molar-refractivity contribution is 6.08. The van der Waals surface area contributed by atoms with Gasteiger partial charge in [-0.05, 0) is 42.5 Å². The van der Waals surface area contributed by atoms with Crippen LogP contribution in [0.1, 0.15) is 20.7 Å². The van der Waals surface area contributed by atoms with Crippen LogP contribution in [0.25, 0.3) is 0 Å². The number of piperazine rings is 1. The van der Waals surface area contributed by atoms with E-state index >= 15 is 0 Å². The Bertz CT molecular complexity index is 1070. The van der Waals surface area contributed by atoms with Gasteiger partial charge in [-0.2, -0.15) is 0 Å². The summed E-state index contributed by atoms with van der Waals surface area (Å²) in [5.74, 6) is -0.561. The van der Waals surface area contributed by atoms with E-state index in [-0.39, 0.29) is 5.91 Å². The van der Waals surface area contributed by atoms with Crippen molar-refractivity contribution in [3.8, 4) is 0 Å². The second-order valence-electron chi connectivity index (χ2n) is 7.11. The summed E-state index contributed by atoms with van der Waals surface area (Å²) < 4.78 is 13.2. The van der Waals surface area contributed by atoms with Crippen molar-refractivity contribution in [3.63, 3.8) is 0 Å². The molecule has 1 fully saturated rings. The third-order valence-corrected chi connectivity index (χ3v) is 4.93. The molecule has 8 heteroatoms. The molecule has 2 amide bonds. The van der Waals surface area contributed by atoms with Crippen LogP contribution in [0.5, 0.6) is 0 Å². The van der Waals surface area contributed by atoms with Crippen molar-refractivity contribution in [2.45, 2.75) is 0 Å². The number of para-hydroxylation sites is 1. The Hall–Kier alpha value is -3.78. The summed E-state index contributed by atoms with van der Waals surface area (Å²) in [6, 6.07) is 16.0. The molecule has 31 heavy (non-hydrogen) atoms. The Morgan fingerprint density at radius 2 is 1.58 bits per heavy atom. The van der Waals surface area contributed by atoms with Crippen molar-refractivity contribution in [1.82, 2.24) is 10.3 Å². The smallest absolute Gasteiger partial charge is 0.257 e. The summed E-state index contributed by atoms with van der Waals surface area (Å²) in [7, 11) is 0. The summed E-state index contributed by atoms with van der Waals surface area (Å²) in [5, 5.41) is 8.93. The number of rotatable bonds is 5. The van der Waals surface area contributed by atoms with Gasteiger partial charge in [0.05, 0.1) is 11.3 Å². The molecule has 1 aliphatic rings. The number of hydrogen-bond acceptors (Lipinski definition) is 5. The van der Waals surface area contributed by atoms with Gasteiger partial charge >= 0.3 is 0 Å². The van der Waals surface area contributed by atoms with Crippen LogP contribution in [-0.2, 0) is 0 Å². The third kappa shape index (κ3) is 5.04. The Morgan fingerprint density at radius 1 is 0.903 bits per heavy atom. The van der Waals surface area contributed by atoms with Crippen molar-refractivity contribution < 1.29 is 14.0 Å². The number of anilines is 3. The number of pyridine rings is 1. The molecule has 0 saturated carbocycles. The fourth-order valence-electron chi connectivity index (χ4n) is 3.32. The second-order valence-corrected chi connectivity index (χ2v) is 7.11. The fourth-order valence-corrected chi connectivity index (χ4v) is 3.32. The van der Waals surface area contributed by atoms with Gasteiger partial charge in [-0.1, -0.05) is 18.2 Å². The van der Waals surface area contributed by atoms with Crippen molar-refractivity contribution in [2.24, 2.45) is 0 Å². The van der Waals surface area contributed by atoms with Gasteiger partial charge in [-0.15, -0.1) is 0 Å². The number of hydrogen-bond donors (Lipinski definition) is 3. The molecule has 0 spiro atoms. The predicted molar refractivity (Wildman–Crippen MR) is 118 cm³/mol. The number of carbonyl (C=O) groups excluding carboxylic acids is 2. The lowest BCUT2D eigenvalue weighted by molar-refractivity contribution is 0.101. The first-order valence-corrected chi connectivity index (χ1v) is 9.99. The van der Waals surface area contributed by atoms with Crippen LogP contribution in [-0.4, -0.2) is 43.0 Å². The molecular weight excluding hydrogens is 397 g/mol. The van der Waals surface area contributed by atoms with Crippen LogP contribution in [0.15, 0.2) is 66.9 Å².